The Morgan fingerprint density at radius 1 is 1.07 bits per heavy atom. The summed E-state index contributed by atoms with van der Waals surface area (Å²) in [5.41, 5.74) is 4.24. The molecule has 1 aliphatic heterocycles. The van der Waals surface area contributed by atoms with E-state index in [0.29, 0.717) is 17.7 Å². The van der Waals surface area contributed by atoms with Crippen molar-refractivity contribution in [2.24, 2.45) is 7.05 Å². The third kappa shape index (κ3) is 5.31. The highest BCUT2D eigenvalue weighted by atomic mass is 19.1. The first-order valence-electron chi connectivity index (χ1n) is 13.2. The number of hydrogen-bond acceptors (Lipinski definition) is 7. The maximum atomic E-state index is 14.7. The fourth-order valence-electron chi connectivity index (χ4n) is 5.50. The van der Waals surface area contributed by atoms with Crippen molar-refractivity contribution in [3.8, 4) is 11.5 Å². The van der Waals surface area contributed by atoms with E-state index in [9.17, 15) is 18.4 Å². The summed E-state index contributed by atoms with van der Waals surface area (Å²) in [4.78, 5) is 27.4. The number of fused-ring (bicyclic) bond motifs is 2. The molecule has 0 radical (unpaired) electrons. The highest BCUT2D eigenvalue weighted by Gasteiger charge is 2.31. The lowest BCUT2D eigenvalue weighted by atomic mass is 9.82. The molecule has 2 heterocycles. The topological polar surface area (TPSA) is 95.8 Å². The number of hydrogen-bond donors (Lipinski definition) is 0. The van der Waals surface area contributed by atoms with Gasteiger partial charge >= 0.3 is 5.97 Å². The molecule has 0 unspecified atom stereocenters. The summed E-state index contributed by atoms with van der Waals surface area (Å²) in [6, 6.07) is 11.4. The van der Waals surface area contributed by atoms with Crippen LogP contribution in [0.4, 0.5) is 8.78 Å². The Kier molecular flexibility index (Phi) is 7.87. The average molecular weight is 565 g/mol. The zero-order chi connectivity index (χ0) is 29.3. The summed E-state index contributed by atoms with van der Waals surface area (Å²) in [6.45, 7) is 2.41. The molecular weight excluding hydrogens is 534 g/mol. The van der Waals surface area contributed by atoms with Gasteiger partial charge in [-0.2, -0.15) is 0 Å². The van der Waals surface area contributed by atoms with Crippen molar-refractivity contribution in [1.29, 1.82) is 0 Å². The highest BCUT2D eigenvalue weighted by molar-refractivity contribution is 5.95. The van der Waals surface area contributed by atoms with Crippen molar-refractivity contribution in [3.05, 3.63) is 81.9 Å². The minimum Gasteiger partial charge on any atom is -0.497 e. The summed E-state index contributed by atoms with van der Waals surface area (Å²) in [7, 11) is 4.64. The molecule has 4 aromatic rings. The number of benzene rings is 3. The van der Waals surface area contributed by atoms with Gasteiger partial charge in [0.1, 0.15) is 39.7 Å². The third-order valence-corrected chi connectivity index (χ3v) is 7.42. The van der Waals surface area contributed by atoms with Crippen molar-refractivity contribution in [1.82, 2.24) is 19.9 Å². The fraction of sp³-hybridized carbons (Fsp3) is 0.333. The van der Waals surface area contributed by atoms with Crippen LogP contribution >= 0.6 is 0 Å². The first-order chi connectivity index (χ1) is 19.7. The summed E-state index contributed by atoms with van der Waals surface area (Å²) in [6.07, 6.45) is 0.505. The predicted molar refractivity (Wildman–Crippen MR) is 146 cm³/mol. The zero-order valence-electron chi connectivity index (χ0n) is 23.2. The molecule has 3 aromatic carbocycles. The van der Waals surface area contributed by atoms with Crippen molar-refractivity contribution >= 4 is 22.9 Å². The summed E-state index contributed by atoms with van der Waals surface area (Å²) in [5, 5.41) is 8.36. The minimum absolute atomic E-state index is 0.00544. The Bertz CT molecular complexity index is 1610. The average Bonchev–Trinajstić information content (AvgIpc) is 3.34. The SMILES string of the molecule is CCOC(=O)C[C@H](c1cc(OC)c2c(c1)nnn2C)c1cccc2c1CCN(C(=O)c1c(F)cc(OC)cc1F)C2. The normalized spacial score (nSPS) is 13.6. The predicted octanol–water partition coefficient (Wildman–Crippen LogP) is 4.55. The maximum Gasteiger partial charge on any atom is 0.306 e. The number of halogens is 2. The van der Waals surface area contributed by atoms with Gasteiger partial charge < -0.3 is 19.1 Å². The number of carbonyl (C=O) groups excluding carboxylic acids is 2. The van der Waals surface area contributed by atoms with E-state index < -0.39 is 29.0 Å². The minimum atomic E-state index is -0.978. The van der Waals surface area contributed by atoms with Crippen molar-refractivity contribution in [2.75, 3.05) is 27.4 Å². The number of carbonyl (C=O) groups is 2. The molecule has 1 atom stereocenters. The van der Waals surface area contributed by atoms with Gasteiger partial charge in [-0.25, -0.2) is 13.5 Å². The Morgan fingerprint density at radius 2 is 1.83 bits per heavy atom. The van der Waals surface area contributed by atoms with Crippen LogP contribution in [0.5, 0.6) is 11.5 Å². The van der Waals surface area contributed by atoms with E-state index in [4.69, 9.17) is 14.2 Å². The van der Waals surface area contributed by atoms with Gasteiger partial charge in [-0.05, 0) is 47.7 Å². The van der Waals surface area contributed by atoms with Crippen LogP contribution < -0.4 is 9.47 Å². The van der Waals surface area contributed by atoms with E-state index in [-0.39, 0.29) is 37.8 Å². The lowest BCUT2D eigenvalue weighted by Crippen LogP contribution is -2.37. The molecule has 0 N–H and O–H groups in total. The standard InChI is InChI=1S/C30H30F2N4O5/c1-5-41-27(37)15-22(18-11-25-29(26(12-18)40-4)35(2)34-33-25)21-8-6-7-17-16-36(10-9-20(17)21)30(38)28-23(31)13-19(39-3)14-24(28)32/h6-8,11-14,22H,5,9-10,15-16H2,1-4H3/t22-/m1/s1. The van der Waals surface area contributed by atoms with Crippen molar-refractivity contribution < 1.29 is 32.6 Å². The van der Waals surface area contributed by atoms with Crippen LogP contribution in [-0.2, 0) is 29.5 Å². The lowest BCUT2D eigenvalue weighted by molar-refractivity contribution is -0.143. The van der Waals surface area contributed by atoms with Gasteiger partial charge in [-0.1, -0.05) is 23.4 Å². The maximum absolute atomic E-state index is 14.7. The molecule has 0 saturated carbocycles. The number of nitrogens with zero attached hydrogens (tertiary/aromatic N) is 4. The first-order valence-corrected chi connectivity index (χ1v) is 13.2. The second kappa shape index (κ2) is 11.5. The second-order valence-corrected chi connectivity index (χ2v) is 9.79. The first kappa shape index (κ1) is 28.0. The fourth-order valence-corrected chi connectivity index (χ4v) is 5.50. The second-order valence-electron chi connectivity index (χ2n) is 9.79. The van der Waals surface area contributed by atoms with Gasteiger partial charge in [-0.15, -0.1) is 5.10 Å². The Labute approximate surface area is 235 Å². The van der Waals surface area contributed by atoms with Gasteiger partial charge in [-0.3, -0.25) is 9.59 Å². The smallest absolute Gasteiger partial charge is 0.306 e. The summed E-state index contributed by atoms with van der Waals surface area (Å²) < 4.78 is 46.8. The zero-order valence-corrected chi connectivity index (χ0v) is 23.2. The molecule has 0 bridgehead atoms. The summed E-state index contributed by atoms with van der Waals surface area (Å²) >= 11 is 0. The lowest BCUT2D eigenvalue weighted by Gasteiger charge is -2.32. The van der Waals surface area contributed by atoms with Crippen LogP contribution in [0.2, 0.25) is 0 Å². The third-order valence-electron chi connectivity index (χ3n) is 7.42. The molecule has 1 aliphatic rings. The van der Waals surface area contributed by atoms with Gasteiger partial charge in [0.15, 0.2) is 0 Å². The molecular formula is C30H30F2N4O5. The Hall–Kier alpha value is -4.54. The molecule has 0 fully saturated rings. The van der Waals surface area contributed by atoms with Gasteiger partial charge in [0.05, 0.1) is 27.2 Å². The van der Waals surface area contributed by atoms with Crippen LogP contribution in [0, 0.1) is 11.6 Å². The summed E-state index contributed by atoms with van der Waals surface area (Å²) in [5.74, 6) is -2.88. The van der Waals surface area contributed by atoms with E-state index in [1.54, 1.807) is 25.8 Å². The van der Waals surface area contributed by atoms with Gasteiger partial charge in [0.25, 0.3) is 5.91 Å². The largest absolute Gasteiger partial charge is 0.497 e. The van der Waals surface area contributed by atoms with E-state index in [0.717, 1.165) is 39.9 Å². The molecule has 1 aromatic heterocycles. The number of aromatic nitrogens is 3. The van der Waals surface area contributed by atoms with Gasteiger partial charge in [0.2, 0.25) is 0 Å². The van der Waals surface area contributed by atoms with Crippen molar-refractivity contribution in [3.63, 3.8) is 0 Å². The molecule has 0 saturated heterocycles. The quantitative estimate of drug-likeness (QED) is 0.290. The van der Waals surface area contributed by atoms with E-state index in [1.807, 2.05) is 30.3 Å². The monoisotopic (exact) mass is 564 g/mol. The van der Waals surface area contributed by atoms with Crippen LogP contribution in [0.3, 0.4) is 0 Å². The Balaban J connectivity index is 1.53. The number of amides is 1. The molecule has 41 heavy (non-hydrogen) atoms. The molecule has 214 valence electrons. The van der Waals surface area contributed by atoms with Crippen LogP contribution in [0.1, 0.15) is 51.9 Å². The molecule has 1 amide bonds. The number of aryl methyl sites for hydroxylation is 1. The molecule has 5 rings (SSSR count). The molecule has 0 aliphatic carbocycles. The van der Waals surface area contributed by atoms with Crippen LogP contribution in [0.15, 0.2) is 42.5 Å². The van der Waals surface area contributed by atoms with E-state index in [1.165, 1.54) is 12.0 Å². The highest BCUT2D eigenvalue weighted by Crippen LogP contribution is 2.38. The molecule has 9 nitrogen and oxygen atoms in total. The number of esters is 1. The van der Waals surface area contributed by atoms with E-state index in [2.05, 4.69) is 10.3 Å². The van der Waals surface area contributed by atoms with Crippen molar-refractivity contribution in [2.45, 2.75) is 32.2 Å². The number of rotatable bonds is 8. The number of ether oxygens (including phenoxy) is 3. The molecule has 11 heteroatoms. The number of methoxy groups -OCH3 is 2. The molecule has 0 spiro atoms. The van der Waals surface area contributed by atoms with Crippen LogP contribution in [0.25, 0.3) is 11.0 Å². The van der Waals surface area contributed by atoms with E-state index >= 15 is 0 Å². The Morgan fingerprint density at radius 3 is 2.51 bits per heavy atom. The van der Waals surface area contributed by atoms with Crippen LogP contribution in [-0.4, -0.2) is 59.1 Å². The van der Waals surface area contributed by atoms with Gasteiger partial charge in [0, 0.05) is 38.2 Å².